The summed E-state index contributed by atoms with van der Waals surface area (Å²) in [6, 6.07) is 2.06. The summed E-state index contributed by atoms with van der Waals surface area (Å²) < 4.78 is 18.2. The summed E-state index contributed by atoms with van der Waals surface area (Å²) in [5.41, 5.74) is -0.171. The van der Waals surface area contributed by atoms with Crippen LogP contribution in [0.3, 0.4) is 0 Å². The number of aliphatic hydroxyl groups excluding tert-OH is 1. The normalized spacial score (nSPS) is 12.1. The fourth-order valence-corrected chi connectivity index (χ4v) is 1.64. The molecule has 18 heavy (non-hydrogen) atoms. The summed E-state index contributed by atoms with van der Waals surface area (Å²) >= 11 is 0. The second-order valence-corrected chi connectivity index (χ2v) is 3.96. The number of nitrogens with zero attached hydrogens (tertiary/aromatic N) is 2. The van der Waals surface area contributed by atoms with Gasteiger partial charge in [-0.1, -0.05) is 0 Å². The Kier molecular flexibility index (Phi) is 4.43. The number of hydrogen-bond acceptors (Lipinski definition) is 5. The van der Waals surface area contributed by atoms with Gasteiger partial charge in [-0.15, -0.1) is 0 Å². The predicted molar refractivity (Wildman–Crippen MR) is 64.6 cm³/mol. The largest absolute Gasteiger partial charge is 0.494 e. The number of ether oxygens (including phenoxy) is 1. The van der Waals surface area contributed by atoms with Gasteiger partial charge in [-0.2, -0.15) is 0 Å². The van der Waals surface area contributed by atoms with E-state index >= 15 is 0 Å². The van der Waals surface area contributed by atoms with Crippen molar-refractivity contribution in [1.82, 2.24) is 0 Å². The number of likely N-dealkylation sites (N-methyl/N-ethyl adjacent to an activating group) is 1. The van der Waals surface area contributed by atoms with E-state index in [1.54, 1.807) is 14.0 Å². The van der Waals surface area contributed by atoms with Crippen LogP contribution in [0, 0.1) is 15.9 Å². The SMILES string of the molecule is COc1cc(N(C)C[C@H](C)O)c([N+](=O)[O-])cc1F. The van der Waals surface area contributed by atoms with Crippen molar-refractivity contribution in [1.29, 1.82) is 0 Å². The molecule has 1 aromatic carbocycles. The molecule has 6 nitrogen and oxygen atoms in total. The lowest BCUT2D eigenvalue weighted by Crippen LogP contribution is -2.27. The number of benzene rings is 1. The van der Waals surface area contributed by atoms with Crippen LogP contribution < -0.4 is 9.64 Å². The average molecular weight is 258 g/mol. The van der Waals surface area contributed by atoms with E-state index in [9.17, 15) is 19.6 Å². The van der Waals surface area contributed by atoms with Gasteiger partial charge in [-0.3, -0.25) is 10.1 Å². The first kappa shape index (κ1) is 14.2. The van der Waals surface area contributed by atoms with E-state index in [2.05, 4.69) is 0 Å². The molecule has 0 aromatic heterocycles. The second-order valence-electron chi connectivity index (χ2n) is 3.96. The monoisotopic (exact) mass is 258 g/mol. The average Bonchev–Trinajstić information content (AvgIpc) is 2.27. The second kappa shape index (κ2) is 5.63. The van der Waals surface area contributed by atoms with Crippen LogP contribution in [0.2, 0.25) is 0 Å². The molecule has 0 aliphatic rings. The van der Waals surface area contributed by atoms with Gasteiger partial charge in [-0.05, 0) is 6.92 Å². The molecule has 0 saturated carbocycles. The van der Waals surface area contributed by atoms with Gasteiger partial charge >= 0.3 is 0 Å². The summed E-state index contributed by atoms with van der Waals surface area (Å²) in [5, 5.41) is 20.2. The topological polar surface area (TPSA) is 75.8 Å². The molecule has 0 saturated heterocycles. The summed E-state index contributed by atoms with van der Waals surface area (Å²) in [5.74, 6) is -0.869. The third kappa shape index (κ3) is 3.07. The highest BCUT2D eigenvalue weighted by molar-refractivity contribution is 5.66. The lowest BCUT2D eigenvalue weighted by atomic mass is 10.2. The van der Waals surface area contributed by atoms with Crippen molar-refractivity contribution in [2.24, 2.45) is 0 Å². The highest BCUT2D eigenvalue weighted by atomic mass is 19.1. The number of methoxy groups -OCH3 is 1. The molecular formula is C11H15FN2O4. The molecule has 1 N–H and O–H groups in total. The lowest BCUT2D eigenvalue weighted by Gasteiger charge is -2.21. The van der Waals surface area contributed by atoms with Gasteiger partial charge in [0.05, 0.1) is 24.2 Å². The molecule has 0 heterocycles. The van der Waals surface area contributed by atoms with E-state index in [0.29, 0.717) is 0 Å². The van der Waals surface area contributed by atoms with Crippen LogP contribution in [0.25, 0.3) is 0 Å². The van der Waals surface area contributed by atoms with Crippen LogP contribution in [0.5, 0.6) is 5.75 Å². The van der Waals surface area contributed by atoms with Crippen molar-refractivity contribution < 1.29 is 19.2 Å². The molecule has 1 aromatic rings. The Balaban J connectivity index is 3.25. The number of halogens is 1. The van der Waals surface area contributed by atoms with Gasteiger partial charge in [0.1, 0.15) is 5.69 Å². The molecule has 0 bridgehead atoms. The molecule has 1 rings (SSSR count). The molecule has 0 amide bonds. The number of anilines is 1. The van der Waals surface area contributed by atoms with Crippen LogP contribution in [0.4, 0.5) is 15.8 Å². The van der Waals surface area contributed by atoms with Crippen LogP contribution in [-0.4, -0.2) is 36.8 Å². The number of hydrogen-bond donors (Lipinski definition) is 1. The van der Waals surface area contributed by atoms with E-state index in [4.69, 9.17) is 4.74 Å². The van der Waals surface area contributed by atoms with Crippen molar-refractivity contribution in [3.8, 4) is 5.75 Å². The maximum absolute atomic E-state index is 13.4. The molecule has 0 aliphatic carbocycles. The number of nitro benzene ring substituents is 1. The van der Waals surface area contributed by atoms with Gasteiger partial charge in [-0.25, -0.2) is 4.39 Å². The Morgan fingerprint density at radius 2 is 2.22 bits per heavy atom. The maximum atomic E-state index is 13.4. The van der Waals surface area contributed by atoms with Crippen molar-refractivity contribution >= 4 is 11.4 Å². The Labute approximate surface area is 104 Å². The Morgan fingerprint density at radius 3 is 2.67 bits per heavy atom. The molecule has 0 unspecified atom stereocenters. The molecular weight excluding hydrogens is 243 g/mol. The van der Waals surface area contributed by atoms with Crippen LogP contribution in [0.1, 0.15) is 6.92 Å². The Hall–Kier alpha value is -1.89. The zero-order valence-electron chi connectivity index (χ0n) is 10.4. The van der Waals surface area contributed by atoms with Gasteiger partial charge in [0.2, 0.25) is 0 Å². The van der Waals surface area contributed by atoms with Crippen LogP contribution >= 0.6 is 0 Å². The molecule has 7 heteroatoms. The highest BCUT2D eigenvalue weighted by Crippen LogP contribution is 2.33. The quantitative estimate of drug-likeness (QED) is 0.640. The highest BCUT2D eigenvalue weighted by Gasteiger charge is 2.22. The van der Waals surface area contributed by atoms with E-state index in [0.717, 1.165) is 6.07 Å². The van der Waals surface area contributed by atoms with Crippen LogP contribution in [-0.2, 0) is 0 Å². The zero-order chi connectivity index (χ0) is 13.9. The number of rotatable bonds is 5. The molecule has 0 radical (unpaired) electrons. The standard InChI is InChI=1S/C11H15FN2O4/c1-7(15)6-13(2)9-5-11(18-3)8(12)4-10(9)14(16)17/h4-5,7,15H,6H2,1-3H3/t7-/m0/s1. The Bertz CT molecular complexity index is 451. The summed E-state index contributed by atoms with van der Waals surface area (Å²) in [7, 11) is 2.86. The van der Waals surface area contributed by atoms with E-state index in [1.807, 2.05) is 0 Å². The maximum Gasteiger partial charge on any atom is 0.295 e. The van der Waals surface area contributed by atoms with E-state index < -0.39 is 16.8 Å². The smallest absolute Gasteiger partial charge is 0.295 e. The molecule has 0 spiro atoms. The van der Waals surface area contributed by atoms with Crippen molar-refractivity contribution in [3.63, 3.8) is 0 Å². The van der Waals surface area contributed by atoms with E-state index in [1.165, 1.54) is 18.1 Å². The minimum absolute atomic E-state index is 0.0759. The van der Waals surface area contributed by atoms with Gasteiger partial charge in [0.25, 0.3) is 5.69 Å². The first-order valence-electron chi connectivity index (χ1n) is 5.28. The molecule has 100 valence electrons. The first-order valence-corrected chi connectivity index (χ1v) is 5.28. The predicted octanol–water partition coefficient (Wildman–Crippen LogP) is 1.56. The lowest BCUT2D eigenvalue weighted by molar-refractivity contribution is -0.384. The molecule has 0 aliphatic heterocycles. The summed E-state index contributed by atoms with van der Waals surface area (Å²) in [6.07, 6.45) is -0.661. The Morgan fingerprint density at radius 1 is 1.61 bits per heavy atom. The zero-order valence-corrected chi connectivity index (χ0v) is 10.4. The third-order valence-electron chi connectivity index (χ3n) is 2.40. The summed E-state index contributed by atoms with van der Waals surface area (Å²) in [6.45, 7) is 1.75. The van der Waals surface area contributed by atoms with Gasteiger partial charge in [0.15, 0.2) is 11.6 Å². The van der Waals surface area contributed by atoms with Crippen molar-refractivity contribution in [2.75, 3.05) is 25.6 Å². The first-order chi connectivity index (χ1) is 8.36. The fourth-order valence-electron chi connectivity index (χ4n) is 1.64. The van der Waals surface area contributed by atoms with E-state index in [-0.39, 0.29) is 23.7 Å². The molecule has 0 fully saturated rings. The number of nitro groups is 1. The minimum Gasteiger partial charge on any atom is -0.494 e. The van der Waals surface area contributed by atoms with Crippen molar-refractivity contribution in [2.45, 2.75) is 13.0 Å². The summed E-state index contributed by atoms with van der Waals surface area (Å²) in [4.78, 5) is 11.7. The molecule has 1 atom stereocenters. The van der Waals surface area contributed by atoms with Crippen molar-refractivity contribution in [3.05, 3.63) is 28.1 Å². The minimum atomic E-state index is -0.793. The number of aliphatic hydroxyl groups is 1. The van der Waals surface area contributed by atoms with Gasteiger partial charge < -0.3 is 14.7 Å². The third-order valence-corrected chi connectivity index (χ3v) is 2.40. The fraction of sp³-hybridized carbons (Fsp3) is 0.455. The van der Waals surface area contributed by atoms with Gasteiger partial charge in [0, 0.05) is 19.7 Å². The van der Waals surface area contributed by atoms with Crippen LogP contribution in [0.15, 0.2) is 12.1 Å².